The molecule has 1 amide bonds. The smallest absolute Gasteiger partial charge is 0.239 e. The van der Waals surface area contributed by atoms with Crippen molar-refractivity contribution in [2.75, 3.05) is 25.0 Å². The van der Waals surface area contributed by atoms with Gasteiger partial charge in [-0.3, -0.25) is 9.69 Å². The largest absolute Gasteiger partial charge is 0.339 e. The van der Waals surface area contributed by atoms with E-state index in [0.29, 0.717) is 29.6 Å². The summed E-state index contributed by atoms with van der Waals surface area (Å²) in [5, 5.41) is 20.6. The van der Waals surface area contributed by atoms with E-state index in [4.69, 9.17) is 4.52 Å². The first-order chi connectivity index (χ1) is 17.1. The lowest BCUT2D eigenvalue weighted by molar-refractivity contribution is -0.117. The Bertz CT molecular complexity index is 1380. The van der Waals surface area contributed by atoms with E-state index >= 15 is 0 Å². The van der Waals surface area contributed by atoms with Crippen LogP contribution in [0.15, 0.2) is 65.3 Å². The van der Waals surface area contributed by atoms with Crippen LogP contribution in [0.3, 0.4) is 0 Å². The quantitative estimate of drug-likeness (QED) is 0.456. The van der Waals surface area contributed by atoms with Crippen LogP contribution in [0.25, 0.3) is 17.1 Å². The van der Waals surface area contributed by atoms with Crippen LogP contribution in [0, 0.1) is 17.1 Å². The molecule has 0 spiro atoms. The molecule has 1 aliphatic heterocycles. The molecule has 9 nitrogen and oxygen atoms in total. The third-order valence-corrected chi connectivity index (χ3v) is 5.89. The predicted octanol–water partition coefficient (Wildman–Crippen LogP) is 3.75. The average Bonchev–Trinajstić information content (AvgIpc) is 3.52. The fourth-order valence-electron chi connectivity index (χ4n) is 4.24. The molecule has 0 saturated carbocycles. The number of nitriles is 1. The van der Waals surface area contributed by atoms with Crippen LogP contribution in [-0.2, 0) is 4.79 Å². The van der Waals surface area contributed by atoms with Crippen molar-refractivity contribution in [1.82, 2.24) is 24.8 Å². The summed E-state index contributed by atoms with van der Waals surface area (Å²) in [5.74, 6) is 0.517. The van der Waals surface area contributed by atoms with Gasteiger partial charge in [-0.05, 0) is 43.7 Å². The van der Waals surface area contributed by atoms with Crippen LogP contribution >= 0.6 is 0 Å². The van der Waals surface area contributed by atoms with Crippen molar-refractivity contribution in [2.45, 2.75) is 18.8 Å². The van der Waals surface area contributed by atoms with Gasteiger partial charge in [0, 0.05) is 12.1 Å². The minimum Gasteiger partial charge on any atom is -0.339 e. The zero-order valence-corrected chi connectivity index (χ0v) is 18.8. The molecule has 0 radical (unpaired) electrons. The third kappa shape index (κ3) is 4.95. The van der Waals surface area contributed by atoms with Crippen LogP contribution in [0.4, 0.5) is 10.2 Å². The van der Waals surface area contributed by atoms with Crippen LogP contribution in [0.5, 0.6) is 0 Å². The summed E-state index contributed by atoms with van der Waals surface area (Å²) in [6.45, 7) is 1.46. The zero-order chi connectivity index (χ0) is 24.2. The number of benzene rings is 2. The van der Waals surface area contributed by atoms with Gasteiger partial charge in [0.05, 0.1) is 24.3 Å². The van der Waals surface area contributed by atoms with Gasteiger partial charge in [-0.15, -0.1) is 0 Å². The van der Waals surface area contributed by atoms with Gasteiger partial charge in [-0.1, -0.05) is 35.5 Å². The molecule has 1 aliphatic rings. The lowest BCUT2D eigenvalue weighted by Crippen LogP contribution is -2.40. The second-order valence-electron chi connectivity index (χ2n) is 8.36. The number of hydrogen-bond acceptors (Lipinski definition) is 7. The second-order valence-corrected chi connectivity index (χ2v) is 8.36. The molecule has 0 bridgehead atoms. The van der Waals surface area contributed by atoms with E-state index in [9.17, 15) is 14.4 Å². The van der Waals surface area contributed by atoms with Gasteiger partial charge < -0.3 is 9.84 Å². The fraction of sp³-hybridized carbons (Fsp3) is 0.240. The van der Waals surface area contributed by atoms with Crippen molar-refractivity contribution in [3.63, 3.8) is 0 Å². The number of nitrogens with one attached hydrogen (secondary N) is 1. The fourth-order valence-corrected chi connectivity index (χ4v) is 4.24. The molecule has 1 fully saturated rings. The minimum absolute atomic E-state index is 0.0316. The predicted molar refractivity (Wildman–Crippen MR) is 125 cm³/mol. The van der Waals surface area contributed by atoms with Crippen molar-refractivity contribution >= 4 is 11.7 Å². The molecular weight excluding hydrogens is 449 g/mol. The van der Waals surface area contributed by atoms with Crippen LogP contribution in [-0.4, -0.2) is 50.4 Å². The Hall–Kier alpha value is -4.36. The molecule has 35 heavy (non-hydrogen) atoms. The number of carbonyl (C=O) groups is 1. The molecule has 4 aromatic rings. The highest BCUT2D eigenvalue weighted by Crippen LogP contribution is 2.28. The minimum atomic E-state index is -0.364. The highest BCUT2D eigenvalue weighted by molar-refractivity contribution is 5.93. The lowest BCUT2D eigenvalue weighted by Gasteiger charge is -2.30. The van der Waals surface area contributed by atoms with Crippen molar-refractivity contribution in [1.29, 1.82) is 5.26 Å². The van der Waals surface area contributed by atoms with Gasteiger partial charge in [-0.25, -0.2) is 9.07 Å². The number of nitrogens with zero attached hydrogens (tertiary/aromatic N) is 6. The Morgan fingerprint density at radius 1 is 1.23 bits per heavy atom. The summed E-state index contributed by atoms with van der Waals surface area (Å²) in [7, 11) is 0. The third-order valence-electron chi connectivity index (χ3n) is 5.89. The summed E-state index contributed by atoms with van der Waals surface area (Å²) in [5.41, 5.74) is 1.58. The van der Waals surface area contributed by atoms with E-state index in [-0.39, 0.29) is 29.8 Å². The molecular formula is C25H22FN7O2. The van der Waals surface area contributed by atoms with E-state index in [1.165, 1.54) is 18.3 Å². The number of aromatic nitrogens is 4. The summed E-state index contributed by atoms with van der Waals surface area (Å²) in [6, 6.07) is 17.4. The number of anilines is 1. The van der Waals surface area contributed by atoms with Gasteiger partial charge >= 0.3 is 0 Å². The van der Waals surface area contributed by atoms with Gasteiger partial charge in [0.25, 0.3) is 0 Å². The Morgan fingerprint density at radius 2 is 2.09 bits per heavy atom. The SMILES string of the molecule is N#Cc1cnn(-c2ccccc2)c1NC(=O)CN1CCCC(c2nc(-c3cccc(F)c3)no2)C1. The Balaban J connectivity index is 1.26. The summed E-state index contributed by atoms with van der Waals surface area (Å²) in [4.78, 5) is 19.4. The van der Waals surface area contributed by atoms with Crippen molar-refractivity contribution in [3.05, 3.63) is 78.1 Å². The van der Waals surface area contributed by atoms with E-state index in [2.05, 4.69) is 26.6 Å². The van der Waals surface area contributed by atoms with Crippen molar-refractivity contribution in [2.24, 2.45) is 0 Å². The highest BCUT2D eigenvalue weighted by Gasteiger charge is 2.28. The van der Waals surface area contributed by atoms with Crippen molar-refractivity contribution in [3.8, 4) is 23.1 Å². The molecule has 0 aliphatic carbocycles. The number of para-hydroxylation sites is 1. The molecule has 1 N–H and O–H groups in total. The maximum absolute atomic E-state index is 13.5. The monoisotopic (exact) mass is 471 g/mol. The Labute approximate surface area is 200 Å². The van der Waals surface area contributed by atoms with E-state index in [1.807, 2.05) is 35.2 Å². The molecule has 1 unspecified atom stereocenters. The lowest BCUT2D eigenvalue weighted by atomic mass is 9.98. The molecule has 10 heteroatoms. The highest BCUT2D eigenvalue weighted by atomic mass is 19.1. The molecule has 1 saturated heterocycles. The van der Waals surface area contributed by atoms with Gasteiger partial charge in [0.2, 0.25) is 17.6 Å². The number of hydrogen-bond donors (Lipinski definition) is 1. The first-order valence-corrected chi connectivity index (χ1v) is 11.3. The number of amides is 1. The molecule has 3 heterocycles. The normalized spacial score (nSPS) is 16.1. The summed E-state index contributed by atoms with van der Waals surface area (Å²) < 4.78 is 20.6. The maximum atomic E-state index is 13.5. The zero-order valence-electron chi connectivity index (χ0n) is 18.8. The van der Waals surface area contributed by atoms with E-state index in [1.54, 1.807) is 16.8 Å². The molecule has 2 aromatic carbocycles. The molecule has 2 aromatic heterocycles. The number of halogens is 1. The van der Waals surface area contributed by atoms with Crippen LogP contribution in [0.1, 0.15) is 30.2 Å². The standard InChI is InChI=1S/C25H22FN7O2/c26-20-8-4-6-17(12-20)23-30-25(35-31-23)18-7-5-11-32(15-18)16-22(34)29-24-19(13-27)14-28-33(24)21-9-2-1-3-10-21/h1-4,6,8-10,12,14,18H,5,7,11,15-16H2,(H,29,34). The number of rotatable bonds is 6. The van der Waals surface area contributed by atoms with Gasteiger partial charge in [-0.2, -0.15) is 15.3 Å². The Kier molecular flexibility index (Phi) is 6.32. The number of piperidine rings is 1. The Morgan fingerprint density at radius 3 is 2.89 bits per heavy atom. The van der Waals surface area contributed by atoms with E-state index < -0.39 is 0 Å². The van der Waals surface area contributed by atoms with E-state index in [0.717, 1.165) is 25.1 Å². The topological polar surface area (TPSA) is 113 Å². The van der Waals surface area contributed by atoms with Gasteiger partial charge in [0.1, 0.15) is 17.4 Å². The van der Waals surface area contributed by atoms with Gasteiger partial charge in [0.15, 0.2) is 5.82 Å². The number of carbonyl (C=O) groups excluding carboxylic acids is 1. The first-order valence-electron chi connectivity index (χ1n) is 11.3. The first kappa shape index (κ1) is 22.4. The molecule has 176 valence electrons. The van der Waals surface area contributed by atoms with Crippen LogP contribution < -0.4 is 5.32 Å². The second kappa shape index (κ2) is 9.87. The maximum Gasteiger partial charge on any atom is 0.239 e. The average molecular weight is 471 g/mol. The molecule has 5 rings (SSSR count). The summed E-state index contributed by atoms with van der Waals surface area (Å²) in [6.07, 6.45) is 3.15. The van der Waals surface area contributed by atoms with Crippen molar-refractivity contribution < 1.29 is 13.7 Å². The van der Waals surface area contributed by atoms with Crippen LogP contribution in [0.2, 0.25) is 0 Å². The number of likely N-dealkylation sites (tertiary alicyclic amines) is 1. The summed E-state index contributed by atoms with van der Waals surface area (Å²) >= 11 is 0. The molecule has 1 atom stereocenters.